The Morgan fingerprint density at radius 2 is 2.03 bits per heavy atom. The fourth-order valence-electron chi connectivity index (χ4n) is 3.26. The number of ether oxygens (including phenoxy) is 1. The van der Waals surface area contributed by atoms with Crippen LogP contribution in [-0.4, -0.2) is 78.9 Å². The molecule has 1 aromatic heterocycles. The summed E-state index contributed by atoms with van der Waals surface area (Å²) in [5.41, 5.74) is 5.14. The van der Waals surface area contributed by atoms with Gasteiger partial charge in [-0.05, 0) is 32.0 Å². The van der Waals surface area contributed by atoms with Crippen LogP contribution in [0.25, 0.3) is 11.0 Å². The van der Waals surface area contributed by atoms with E-state index in [9.17, 15) is 18.3 Å². The van der Waals surface area contributed by atoms with Crippen molar-refractivity contribution in [2.45, 2.75) is 30.9 Å². The van der Waals surface area contributed by atoms with Gasteiger partial charge in [-0.15, -0.1) is 0 Å². The Bertz CT molecular complexity index is 990. The SMILES string of the molecule is CC(C)(O)Cn1c(C(N)=O)nc2cc(S(=O)(=O)NCCN3CCOCC3)ccc21. The van der Waals surface area contributed by atoms with Gasteiger partial charge in [-0.25, -0.2) is 18.1 Å². The summed E-state index contributed by atoms with van der Waals surface area (Å²) in [6, 6.07) is 4.42. The van der Waals surface area contributed by atoms with E-state index in [2.05, 4.69) is 14.6 Å². The number of primary amides is 1. The Balaban J connectivity index is 1.81. The molecular weight excluding hydrogens is 398 g/mol. The second kappa shape index (κ2) is 8.36. The molecule has 0 bridgehead atoms. The lowest BCUT2D eigenvalue weighted by Crippen LogP contribution is -2.41. The van der Waals surface area contributed by atoms with Gasteiger partial charge in [0.1, 0.15) is 0 Å². The second-order valence-electron chi connectivity index (χ2n) is 7.70. The molecular formula is C18H27N5O5S. The summed E-state index contributed by atoms with van der Waals surface area (Å²) in [5, 5.41) is 10.1. The summed E-state index contributed by atoms with van der Waals surface area (Å²) in [6.45, 7) is 7.02. The molecule has 2 heterocycles. The summed E-state index contributed by atoms with van der Waals surface area (Å²) in [4.78, 5) is 18.1. The Labute approximate surface area is 169 Å². The van der Waals surface area contributed by atoms with Crippen molar-refractivity contribution in [2.24, 2.45) is 5.73 Å². The molecule has 0 spiro atoms. The van der Waals surface area contributed by atoms with Crippen LogP contribution in [0.4, 0.5) is 0 Å². The first kappa shape index (κ1) is 21.7. The van der Waals surface area contributed by atoms with Crippen LogP contribution in [0.5, 0.6) is 0 Å². The first-order valence-corrected chi connectivity index (χ1v) is 10.9. The Morgan fingerprint density at radius 3 is 2.66 bits per heavy atom. The molecule has 1 fully saturated rings. The minimum absolute atomic E-state index is 0.0306. The highest BCUT2D eigenvalue weighted by Gasteiger charge is 2.23. The molecule has 2 aromatic rings. The lowest BCUT2D eigenvalue weighted by molar-refractivity contribution is 0.0390. The molecule has 1 aliphatic rings. The molecule has 0 radical (unpaired) electrons. The predicted octanol–water partition coefficient (Wildman–Crippen LogP) is -0.483. The predicted molar refractivity (Wildman–Crippen MR) is 107 cm³/mol. The molecule has 3 rings (SSSR count). The largest absolute Gasteiger partial charge is 0.389 e. The van der Waals surface area contributed by atoms with Gasteiger partial charge >= 0.3 is 0 Å². The van der Waals surface area contributed by atoms with Crippen LogP contribution in [0, 0.1) is 0 Å². The average Bonchev–Trinajstić information content (AvgIpc) is 2.99. The number of amides is 1. The van der Waals surface area contributed by atoms with Gasteiger partial charge in [0.25, 0.3) is 5.91 Å². The molecule has 0 saturated carbocycles. The second-order valence-corrected chi connectivity index (χ2v) is 9.47. The fraction of sp³-hybridized carbons (Fsp3) is 0.556. The summed E-state index contributed by atoms with van der Waals surface area (Å²) in [6.07, 6.45) is 0. The zero-order valence-electron chi connectivity index (χ0n) is 16.6. The summed E-state index contributed by atoms with van der Waals surface area (Å²) < 4.78 is 34.7. The maximum atomic E-state index is 12.7. The van der Waals surface area contributed by atoms with Gasteiger partial charge in [-0.2, -0.15) is 0 Å². The number of aliphatic hydroxyl groups is 1. The van der Waals surface area contributed by atoms with E-state index in [1.807, 2.05) is 0 Å². The molecule has 0 unspecified atom stereocenters. The summed E-state index contributed by atoms with van der Waals surface area (Å²) in [7, 11) is -3.73. The quantitative estimate of drug-likeness (QED) is 0.519. The topological polar surface area (TPSA) is 140 Å². The molecule has 11 heteroatoms. The van der Waals surface area contributed by atoms with E-state index in [-0.39, 0.29) is 23.8 Å². The molecule has 1 saturated heterocycles. The van der Waals surface area contributed by atoms with Crippen molar-refractivity contribution in [1.82, 2.24) is 19.2 Å². The van der Waals surface area contributed by atoms with Crippen LogP contribution in [0.1, 0.15) is 24.5 Å². The number of nitrogens with one attached hydrogen (secondary N) is 1. The smallest absolute Gasteiger partial charge is 0.284 e. The molecule has 10 nitrogen and oxygen atoms in total. The zero-order chi connectivity index (χ0) is 21.2. The number of fused-ring (bicyclic) bond motifs is 1. The van der Waals surface area contributed by atoms with Gasteiger partial charge in [0, 0.05) is 26.2 Å². The summed E-state index contributed by atoms with van der Waals surface area (Å²) >= 11 is 0. The maximum Gasteiger partial charge on any atom is 0.284 e. The van der Waals surface area contributed by atoms with E-state index in [0.717, 1.165) is 13.1 Å². The number of hydrogen-bond donors (Lipinski definition) is 3. The highest BCUT2D eigenvalue weighted by atomic mass is 32.2. The molecule has 1 amide bonds. The number of nitrogens with zero attached hydrogens (tertiary/aromatic N) is 3. The maximum absolute atomic E-state index is 12.7. The van der Waals surface area contributed by atoms with Crippen molar-refractivity contribution in [2.75, 3.05) is 39.4 Å². The Kier molecular flexibility index (Phi) is 6.24. The third kappa shape index (κ3) is 5.31. The van der Waals surface area contributed by atoms with E-state index >= 15 is 0 Å². The number of sulfonamides is 1. The number of benzene rings is 1. The fourth-order valence-corrected chi connectivity index (χ4v) is 4.30. The number of imidazole rings is 1. The van der Waals surface area contributed by atoms with E-state index in [0.29, 0.717) is 30.8 Å². The lowest BCUT2D eigenvalue weighted by atomic mass is 10.1. The van der Waals surface area contributed by atoms with Gasteiger partial charge in [-0.1, -0.05) is 0 Å². The van der Waals surface area contributed by atoms with E-state index in [1.165, 1.54) is 16.7 Å². The number of nitrogens with two attached hydrogens (primary N) is 1. The summed E-state index contributed by atoms with van der Waals surface area (Å²) in [5.74, 6) is -0.782. The number of aromatic nitrogens is 2. The number of rotatable bonds is 8. The van der Waals surface area contributed by atoms with Crippen LogP contribution in [0.15, 0.2) is 23.1 Å². The molecule has 29 heavy (non-hydrogen) atoms. The van der Waals surface area contributed by atoms with Crippen molar-refractivity contribution >= 4 is 27.0 Å². The van der Waals surface area contributed by atoms with Gasteiger partial charge in [0.05, 0.1) is 41.3 Å². The monoisotopic (exact) mass is 425 g/mol. The molecule has 0 aliphatic carbocycles. The number of carbonyl (C=O) groups is 1. The number of hydrogen-bond acceptors (Lipinski definition) is 7. The number of carbonyl (C=O) groups excluding carboxylic acids is 1. The van der Waals surface area contributed by atoms with Gasteiger partial charge in [-0.3, -0.25) is 9.69 Å². The van der Waals surface area contributed by atoms with Crippen LogP contribution in [0.3, 0.4) is 0 Å². The standard InChI is InChI=1S/C18H27N5O5S/c1-18(2,25)12-23-15-4-3-13(11-14(15)21-17(23)16(19)24)29(26,27)20-5-6-22-7-9-28-10-8-22/h3-4,11,20,25H,5-10,12H2,1-2H3,(H2,19,24). The molecule has 160 valence electrons. The van der Waals surface area contributed by atoms with Crippen LogP contribution >= 0.6 is 0 Å². The minimum Gasteiger partial charge on any atom is -0.389 e. The number of morpholine rings is 1. The minimum atomic E-state index is -3.73. The molecule has 1 aromatic carbocycles. The van der Waals surface area contributed by atoms with E-state index in [4.69, 9.17) is 10.5 Å². The normalized spacial score (nSPS) is 16.4. The Morgan fingerprint density at radius 1 is 1.34 bits per heavy atom. The average molecular weight is 426 g/mol. The first-order chi connectivity index (χ1) is 13.6. The van der Waals surface area contributed by atoms with Crippen molar-refractivity contribution in [1.29, 1.82) is 0 Å². The van der Waals surface area contributed by atoms with E-state index < -0.39 is 21.5 Å². The molecule has 1 aliphatic heterocycles. The van der Waals surface area contributed by atoms with Crippen molar-refractivity contribution in [3.8, 4) is 0 Å². The Hall–Kier alpha value is -2.05. The molecule has 0 atom stereocenters. The van der Waals surface area contributed by atoms with Gasteiger partial charge in [0.15, 0.2) is 5.82 Å². The van der Waals surface area contributed by atoms with Crippen LogP contribution in [0.2, 0.25) is 0 Å². The van der Waals surface area contributed by atoms with Gasteiger partial charge < -0.3 is 20.1 Å². The van der Waals surface area contributed by atoms with Gasteiger partial charge in [0.2, 0.25) is 10.0 Å². The third-order valence-corrected chi connectivity index (χ3v) is 6.08. The zero-order valence-corrected chi connectivity index (χ0v) is 17.4. The first-order valence-electron chi connectivity index (χ1n) is 9.39. The highest BCUT2D eigenvalue weighted by molar-refractivity contribution is 7.89. The highest BCUT2D eigenvalue weighted by Crippen LogP contribution is 2.22. The van der Waals surface area contributed by atoms with Crippen LogP contribution in [-0.2, 0) is 21.3 Å². The van der Waals surface area contributed by atoms with Crippen molar-refractivity contribution in [3.05, 3.63) is 24.0 Å². The third-order valence-electron chi connectivity index (χ3n) is 4.62. The lowest BCUT2D eigenvalue weighted by Gasteiger charge is -2.26. The van der Waals surface area contributed by atoms with Crippen molar-refractivity contribution in [3.63, 3.8) is 0 Å². The van der Waals surface area contributed by atoms with Crippen molar-refractivity contribution < 1.29 is 23.1 Å². The van der Waals surface area contributed by atoms with E-state index in [1.54, 1.807) is 19.9 Å². The molecule has 4 N–H and O–H groups in total. The van der Waals surface area contributed by atoms with Crippen LogP contribution < -0.4 is 10.5 Å².